The summed E-state index contributed by atoms with van der Waals surface area (Å²) in [6.45, 7) is 1.11. The van der Waals surface area contributed by atoms with Crippen LogP contribution in [0, 0.1) is 0 Å². The van der Waals surface area contributed by atoms with Gasteiger partial charge in [0.1, 0.15) is 0 Å². The lowest BCUT2D eigenvalue weighted by Gasteiger charge is -2.07. The summed E-state index contributed by atoms with van der Waals surface area (Å²) >= 11 is 3.33. The third kappa shape index (κ3) is 8.26. The SMILES string of the molecule is CS(=O)(=O)NCCCNCC(=O)Nc1cccc(Br)c1. The van der Waals surface area contributed by atoms with Gasteiger partial charge in [-0.25, -0.2) is 13.1 Å². The highest BCUT2D eigenvalue weighted by Crippen LogP contribution is 2.15. The van der Waals surface area contributed by atoms with Crippen molar-refractivity contribution in [3.05, 3.63) is 28.7 Å². The number of carbonyl (C=O) groups excluding carboxylic acids is 1. The van der Waals surface area contributed by atoms with Crippen molar-refractivity contribution in [2.75, 3.05) is 31.2 Å². The monoisotopic (exact) mass is 363 g/mol. The highest BCUT2D eigenvalue weighted by atomic mass is 79.9. The first-order chi connectivity index (χ1) is 9.37. The first kappa shape index (κ1) is 17.1. The molecule has 0 heterocycles. The van der Waals surface area contributed by atoms with Crippen LogP contribution in [0.15, 0.2) is 28.7 Å². The topological polar surface area (TPSA) is 87.3 Å². The summed E-state index contributed by atoms with van der Waals surface area (Å²) in [6.07, 6.45) is 1.74. The Morgan fingerprint density at radius 2 is 2.05 bits per heavy atom. The number of hydrogen-bond donors (Lipinski definition) is 3. The van der Waals surface area contributed by atoms with Crippen molar-refractivity contribution in [2.24, 2.45) is 0 Å². The lowest BCUT2D eigenvalue weighted by atomic mass is 10.3. The summed E-state index contributed by atoms with van der Waals surface area (Å²) in [5.41, 5.74) is 0.727. The van der Waals surface area contributed by atoms with Crippen LogP contribution in [0.2, 0.25) is 0 Å². The second-order valence-electron chi connectivity index (χ2n) is 4.26. The minimum atomic E-state index is -3.13. The molecule has 0 aliphatic rings. The van der Waals surface area contributed by atoms with E-state index < -0.39 is 10.0 Å². The van der Waals surface area contributed by atoms with Crippen LogP contribution in [0.5, 0.6) is 0 Å². The molecule has 0 fully saturated rings. The molecule has 1 amide bonds. The van der Waals surface area contributed by atoms with Gasteiger partial charge >= 0.3 is 0 Å². The van der Waals surface area contributed by atoms with Crippen molar-refractivity contribution < 1.29 is 13.2 Å². The van der Waals surface area contributed by atoms with Crippen LogP contribution in [-0.2, 0) is 14.8 Å². The maximum absolute atomic E-state index is 11.6. The molecule has 0 spiro atoms. The molecule has 0 saturated carbocycles. The minimum absolute atomic E-state index is 0.140. The van der Waals surface area contributed by atoms with Crippen LogP contribution in [0.1, 0.15) is 6.42 Å². The quantitative estimate of drug-likeness (QED) is 0.599. The zero-order chi connectivity index (χ0) is 15.0. The number of hydrogen-bond acceptors (Lipinski definition) is 4. The normalized spacial score (nSPS) is 11.3. The first-order valence-corrected chi connectivity index (χ1v) is 8.76. The van der Waals surface area contributed by atoms with Crippen molar-refractivity contribution in [2.45, 2.75) is 6.42 Å². The predicted molar refractivity (Wildman–Crippen MR) is 83.1 cm³/mol. The summed E-state index contributed by atoms with van der Waals surface area (Å²) in [4.78, 5) is 11.6. The Morgan fingerprint density at radius 3 is 2.70 bits per heavy atom. The standard InChI is InChI=1S/C12H18BrN3O3S/c1-20(18,19)15-7-3-6-14-9-12(17)16-11-5-2-4-10(13)8-11/h2,4-5,8,14-15H,3,6-7,9H2,1H3,(H,16,17). The molecule has 0 aliphatic carbocycles. The van der Waals surface area contributed by atoms with E-state index in [0.717, 1.165) is 16.4 Å². The number of carbonyl (C=O) groups is 1. The molecule has 0 aliphatic heterocycles. The van der Waals surface area contributed by atoms with E-state index in [9.17, 15) is 13.2 Å². The van der Waals surface area contributed by atoms with E-state index in [0.29, 0.717) is 19.5 Å². The highest BCUT2D eigenvalue weighted by Gasteiger charge is 2.02. The lowest BCUT2D eigenvalue weighted by molar-refractivity contribution is -0.115. The number of benzene rings is 1. The zero-order valence-corrected chi connectivity index (χ0v) is 13.6. The van der Waals surface area contributed by atoms with E-state index in [2.05, 4.69) is 31.3 Å². The zero-order valence-electron chi connectivity index (χ0n) is 11.1. The van der Waals surface area contributed by atoms with Gasteiger partial charge in [0.15, 0.2) is 0 Å². The Bertz CT molecular complexity index is 549. The summed E-state index contributed by atoms with van der Waals surface area (Å²) in [6, 6.07) is 7.33. The molecule has 6 nitrogen and oxygen atoms in total. The second-order valence-corrected chi connectivity index (χ2v) is 7.00. The Labute approximate surface area is 127 Å². The molecule has 0 atom stereocenters. The molecule has 1 aromatic rings. The van der Waals surface area contributed by atoms with Crippen LogP contribution in [0.3, 0.4) is 0 Å². The summed E-state index contributed by atoms with van der Waals surface area (Å²) in [5.74, 6) is -0.140. The molecule has 0 aromatic heterocycles. The maximum atomic E-state index is 11.6. The molecule has 112 valence electrons. The third-order valence-corrected chi connectivity index (χ3v) is 3.51. The average Bonchev–Trinajstić information content (AvgIpc) is 2.32. The molecule has 1 aromatic carbocycles. The van der Waals surface area contributed by atoms with E-state index in [1.807, 2.05) is 18.2 Å². The van der Waals surface area contributed by atoms with E-state index in [-0.39, 0.29) is 12.5 Å². The van der Waals surface area contributed by atoms with E-state index in [1.165, 1.54) is 0 Å². The summed E-state index contributed by atoms with van der Waals surface area (Å²) < 4.78 is 24.9. The number of amides is 1. The fraction of sp³-hybridized carbons (Fsp3) is 0.417. The molecule has 0 unspecified atom stereocenters. The van der Waals surface area contributed by atoms with Gasteiger partial charge in [0.05, 0.1) is 12.8 Å². The van der Waals surface area contributed by atoms with Gasteiger partial charge in [-0.15, -0.1) is 0 Å². The highest BCUT2D eigenvalue weighted by molar-refractivity contribution is 9.10. The fourth-order valence-electron chi connectivity index (χ4n) is 1.44. The molecule has 0 bridgehead atoms. The number of nitrogens with one attached hydrogen (secondary N) is 3. The second kappa shape index (κ2) is 8.35. The molecular formula is C12H18BrN3O3S. The van der Waals surface area contributed by atoms with E-state index >= 15 is 0 Å². The Kier molecular flexibility index (Phi) is 7.14. The minimum Gasteiger partial charge on any atom is -0.325 e. The van der Waals surface area contributed by atoms with Crippen LogP contribution in [-0.4, -0.2) is 40.2 Å². The number of anilines is 1. The van der Waals surface area contributed by atoms with Gasteiger partial charge in [-0.05, 0) is 31.2 Å². The molecule has 0 radical (unpaired) electrons. The van der Waals surface area contributed by atoms with Crippen molar-refractivity contribution in [3.8, 4) is 0 Å². The lowest BCUT2D eigenvalue weighted by Crippen LogP contribution is -2.31. The van der Waals surface area contributed by atoms with Crippen LogP contribution >= 0.6 is 15.9 Å². The third-order valence-electron chi connectivity index (χ3n) is 2.29. The molecular weight excluding hydrogens is 346 g/mol. The molecule has 1 rings (SSSR count). The van der Waals surface area contributed by atoms with Gasteiger partial charge in [0.25, 0.3) is 0 Å². The van der Waals surface area contributed by atoms with Gasteiger partial charge in [-0.3, -0.25) is 4.79 Å². The molecule has 3 N–H and O–H groups in total. The predicted octanol–water partition coefficient (Wildman–Crippen LogP) is 0.916. The average molecular weight is 364 g/mol. The maximum Gasteiger partial charge on any atom is 0.238 e. The number of halogens is 1. The van der Waals surface area contributed by atoms with E-state index in [1.54, 1.807) is 6.07 Å². The Hall–Kier alpha value is -0.960. The molecule has 0 saturated heterocycles. The smallest absolute Gasteiger partial charge is 0.238 e. The van der Waals surface area contributed by atoms with Gasteiger partial charge in [0.2, 0.25) is 15.9 Å². The molecule has 8 heteroatoms. The summed E-state index contributed by atoms with van der Waals surface area (Å²) in [5, 5.41) is 5.70. The first-order valence-electron chi connectivity index (χ1n) is 6.07. The number of rotatable bonds is 8. The van der Waals surface area contributed by atoms with Crippen molar-refractivity contribution >= 4 is 37.5 Å². The van der Waals surface area contributed by atoms with E-state index in [4.69, 9.17) is 0 Å². The van der Waals surface area contributed by atoms with Gasteiger partial charge < -0.3 is 10.6 Å². The Balaban J connectivity index is 2.15. The van der Waals surface area contributed by atoms with Crippen molar-refractivity contribution in [1.29, 1.82) is 0 Å². The number of sulfonamides is 1. The summed E-state index contributed by atoms with van der Waals surface area (Å²) in [7, 11) is -3.13. The van der Waals surface area contributed by atoms with Crippen molar-refractivity contribution in [1.82, 2.24) is 10.0 Å². The van der Waals surface area contributed by atoms with Gasteiger partial charge in [0, 0.05) is 16.7 Å². The van der Waals surface area contributed by atoms with Crippen molar-refractivity contribution in [3.63, 3.8) is 0 Å². The Morgan fingerprint density at radius 1 is 1.30 bits per heavy atom. The van der Waals surface area contributed by atoms with Crippen LogP contribution in [0.4, 0.5) is 5.69 Å². The fourth-order valence-corrected chi connectivity index (χ4v) is 2.36. The van der Waals surface area contributed by atoms with Gasteiger partial charge in [-0.1, -0.05) is 22.0 Å². The molecule has 20 heavy (non-hydrogen) atoms. The van der Waals surface area contributed by atoms with Crippen LogP contribution in [0.25, 0.3) is 0 Å². The van der Waals surface area contributed by atoms with Gasteiger partial charge in [-0.2, -0.15) is 0 Å². The van der Waals surface area contributed by atoms with Crippen LogP contribution < -0.4 is 15.4 Å². The largest absolute Gasteiger partial charge is 0.325 e.